The summed E-state index contributed by atoms with van der Waals surface area (Å²) >= 11 is 0. The molecule has 1 aliphatic rings. The highest BCUT2D eigenvalue weighted by Crippen LogP contribution is 2.07. The lowest BCUT2D eigenvalue weighted by atomic mass is 10.1. The molecule has 1 saturated heterocycles. The van der Waals surface area contributed by atoms with Crippen molar-refractivity contribution in [3.8, 4) is 0 Å². The molecular formula is C23H43N5O6. The predicted molar refractivity (Wildman–Crippen MR) is 128 cm³/mol. The molecule has 196 valence electrons. The van der Waals surface area contributed by atoms with Gasteiger partial charge in [0.05, 0.1) is 12.1 Å². The summed E-state index contributed by atoms with van der Waals surface area (Å²) in [7, 11) is 0. The smallest absolute Gasteiger partial charge is 0.326 e. The molecule has 1 rings (SSSR count). The number of carbonyl (C=O) groups is 4. The van der Waals surface area contributed by atoms with Crippen LogP contribution in [0.15, 0.2) is 0 Å². The molecule has 0 aromatic rings. The van der Waals surface area contributed by atoms with Gasteiger partial charge in [0.1, 0.15) is 6.04 Å². The van der Waals surface area contributed by atoms with E-state index in [9.17, 15) is 24.3 Å². The van der Waals surface area contributed by atoms with Crippen molar-refractivity contribution in [2.75, 3.05) is 26.2 Å². The second-order valence-corrected chi connectivity index (χ2v) is 9.35. The van der Waals surface area contributed by atoms with Crippen molar-refractivity contribution in [1.82, 2.24) is 26.2 Å². The minimum atomic E-state index is -1.21. The first-order valence-corrected chi connectivity index (χ1v) is 12.3. The van der Waals surface area contributed by atoms with Crippen molar-refractivity contribution < 1.29 is 29.4 Å². The van der Waals surface area contributed by atoms with Gasteiger partial charge in [-0.1, -0.05) is 33.6 Å². The molecular weight excluding hydrogens is 442 g/mol. The zero-order valence-electron chi connectivity index (χ0n) is 20.9. The summed E-state index contributed by atoms with van der Waals surface area (Å²) < 4.78 is 0. The summed E-state index contributed by atoms with van der Waals surface area (Å²) in [4.78, 5) is 50.3. The van der Waals surface area contributed by atoms with Crippen molar-refractivity contribution in [1.29, 1.82) is 0 Å². The molecule has 1 heterocycles. The van der Waals surface area contributed by atoms with E-state index in [0.29, 0.717) is 6.54 Å². The maximum atomic E-state index is 12.8. The Balaban J connectivity index is 2.64. The highest BCUT2D eigenvalue weighted by molar-refractivity contribution is 5.87. The lowest BCUT2D eigenvalue weighted by Crippen LogP contribution is -2.54. The third kappa shape index (κ3) is 12.9. The number of carboxylic acid groups (broad SMARTS) is 2. The Morgan fingerprint density at radius 1 is 0.882 bits per heavy atom. The van der Waals surface area contributed by atoms with E-state index in [1.165, 1.54) is 0 Å². The van der Waals surface area contributed by atoms with E-state index >= 15 is 0 Å². The molecule has 11 nitrogen and oxygen atoms in total. The molecule has 0 bridgehead atoms. The highest BCUT2D eigenvalue weighted by atomic mass is 16.4. The zero-order valence-corrected chi connectivity index (χ0v) is 20.9. The summed E-state index contributed by atoms with van der Waals surface area (Å²) in [6.45, 7) is 10.5. The summed E-state index contributed by atoms with van der Waals surface area (Å²) in [5.41, 5.74) is 0. The monoisotopic (exact) mass is 485 g/mol. The Morgan fingerprint density at radius 3 is 2.09 bits per heavy atom. The molecule has 0 spiro atoms. The number of unbranched alkanes of at least 4 members (excludes halogenated alkanes) is 1. The van der Waals surface area contributed by atoms with Gasteiger partial charge in [-0.15, -0.1) is 0 Å². The fourth-order valence-corrected chi connectivity index (χ4v) is 3.61. The Labute approximate surface area is 202 Å². The average molecular weight is 486 g/mol. The van der Waals surface area contributed by atoms with Crippen LogP contribution < -0.4 is 21.3 Å². The van der Waals surface area contributed by atoms with E-state index < -0.39 is 36.0 Å². The topological polar surface area (TPSA) is 160 Å². The molecule has 0 aromatic carbocycles. The van der Waals surface area contributed by atoms with Gasteiger partial charge >= 0.3 is 11.9 Å². The van der Waals surface area contributed by atoms with Gasteiger partial charge in [0.15, 0.2) is 0 Å². The third-order valence-electron chi connectivity index (χ3n) is 5.62. The molecule has 0 radical (unpaired) electrons. The van der Waals surface area contributed by atoms with Crippen molar-refractivity contribution in [3.05, 3.63) is 0 Å². The van der Waals surface area contributed by atoms with Gasteiger partial charge < -0.3 is 31.5 Å². The van der Waals surface area contributed by atoms with Crippen LogP contribution in [0.4, 0.5) is 0 Å². The van der Waals surface area contributed by atoms with Crippen molar-refractivity contribution in [2.45, 2.75) is 96.4 Å². The van der Waals surface area contributed by atoms with Crippen LogP contribution in [0, 0.1) is 0 Å². The summed E-state index contributed by atoms with van der Waals surface area (Å²) in [6.07, 6.45) is 2.65. The number of hydrogen-bond donors (Lipinski definition) is 6. The molecule has 1 fully saturated rings. The number of carbonyl (C=O) groups excluding carboxylic acids is 2. The molecule has 1 aliphatic heterocycles. The summed E-state index contributed by atoms with van der Waals surface area (Å²) in [5.74, 6) is -2.99. The van der Waals surface area contributed by atoms with Crippen molar-refractivity contribution in [3.63, 3.8) is 0 Å². The van der Waals surface area contributed by atoms with Gasteiger partial charge in [-0.2, -0.15) is 0 Å². The Bertz CT molecular complexity index is 666. The lowest BCUT2D eigenvalue weighted by molar-refractivity contribution is -0.143. The van der Waals surface area contributed by atoms with Gasteiger partial charge in [-0.05, 0) is 26.2 Å². The molecule has 0 aliphatic carbocycles. The third-order valence-corrected chi connectivity index (χ3v) is 5.62. The molecule has 0 aromatic heterocycles. The van der Waals surface area contributed by atoms with E-state index in [-0.39, 0.29) is 43.8 Å². The average Bonchev–Trinajstić information content (AvgIpc) is 3.57. The van der Waals surface area contributed by atoms with Crippen LogP contribution in [0.25, 0.3) is 0 Å². The van der Waals surface area contributed by atoms with E-state index in [1.54, 1.807) is 0 Å². The van der Waals surface area contributed by atoms with Crippen LogP contribution in [-0.2, 0) is 19.2 Å². The maximum absolute atomic E-state index is 12.8. The number of rotatable bonds is 19. The number of nitrogens with one attached hydrogen (secondary N) is 4. The second-order valence-electron chi connectivity index (χ2n) is 9.35. The van der Waals surface area contributed by atoms with E-state index in [1.807, 2.05) is 20.8 Å². The molecule has 4 atom stereocenters. The number of carboxylic acids is 2. The van der Waals surface area contributed by atoms with Crippen LogP contribution in [-0.4, -0.2) is 95.3 Å². The van der Waals surface area contributed by atoms with Gasteiger partial charge in [-0.25, -0.2) is 4.79 Å². The largest absolute Gasteiger partial charge is 0.481 e. The first-order valence-electron chi connectivity index (χ1n) is 12.3. The predicted octanol–water partition coefficient (Wildman–Crippen LogP) is 0.146. The SMILES string of the molecule is CCCCC(C)N[C@@H](CCC(=O)O)C(=O)NC(CCNC(=O)[C@H](CN1CC1)NC(C)C)C(=O)O. The lowest BCUT2D eigenvalue weighted by Gasteiger charge is -2.25. The number of aliphatic carboxylic acids is 2. The molecule has 34 heavy (non-hydrogen) atoms. The molecule has 2 unspecified atom stereocenters. The fourth-order valence-electron chi connectivity index (χ4n) is 3.61. The van der Waals surface area contributed by atoms with Crippen LogP contribution in [0.2, 0.25) is 0 Å². The second kappa shape index (κ2) is 15.6. The summed E-state index contributed by atoms with van der Waals surface area (Å²) in [5, 5.41) is 30.2. The van der Waals surface area contributed by atoms with Gasteiger partial charge in [0, 0.05) is 44.7 Å². The number of hydrogen-bond acceptors (Lipinski definition) is 7. The van der Waals surface area contributed by atoms with Crippen LogP contribution in [0.3, 0.4) is 0 Å². The minimum Gasteiger partial charge on any atom is -0.481 e. The fraction of sp³-hybridized carbons (Fsp3) is 0.826. The number of nitrogens with zero attached hydrogens (tertiary/aromatic N) is 1. The van der Waals surface area contributed by atoms with Crippen LogP contribution in [0.1, 0.15) is 66.2 Å². The zero-order chi connectivity index (χ0) is 25.7. The van der Waals surface area contributed by atoms with E-state index in [0.717, 1.165) is 32.4 Å². The molecule has 0 saturated carbocycles. The van der Waals surface area contributed by atoms with Crippen LogP contribution >= 0.6 is 0 Å². The molecule has 2 amide bonds. The van der Waals surface area contributed by atoms with Crippen molar-refractivity contribution >= 4 is 23.8 Å². The Kier molecular flexibility index (Phi) is 13.7. The minimum absolute atomic E-state index is 0.0142. The maximum Gasteiger partial charge on any atom is 0.326 e. The van der Waals surface area contributed by atoms with Crippen LogP contribution in [0.5, 0.6) is 0 Å². The quantitative estimate of drug-likeness (QED) is 0.140. The normalized spacial score (nSPS) is 17.0. The number of amides is 2. The van der Waals surface area contributed by atoms with Gasteiger partial charge in [-0.3, -0.25) is 19.3 Å². The van der Waals surface area contributed by atoms with Gasteiger partial charge in [0.2, 0.25) is 11.8 Å². The van der Waals surface area contributed by atoms with Gasteiger partial charge in [0.25, 0.3) is 0 Å². The molecule has 11 heteroatoms. The Morgan fingerprint density at radius 2 is 1.56 bits per heavy atom. The first kappa shape index (κ1) is 29.8. The van der Waals surface area contributed by atoms with E-state index in [2.05, 4.69) is 33.1 Å². The first-order chi connectivity index (χ1) is 16.0. The highest BCUT2D eigenvalue weighted by Gasteiger charge is 2.29. The molecule has 6 N–H and O–H groups in total. The Hall–Kier alpha value is -2.24. The van der Waals surface area contributed by atoms with Crippen molar-refractivity contribution in [2.24, 2.45) is 0 Å². The summed E-state index contributed by atoms with van der Waals surface area (Å²) in [6, 6.07) is -2.30. The van der Waals surface area contributed by atoms with E-state index in [4.69, 9.17) is 5.11 Å². The standard InChI is InChI=1S/C23H43N5O6/c1-5-6-7-16(4)26-17(8-9-20(29)30)22(32)27-18(23(33)34)10-11-24-21(31)19(25-15(2)3)14-28-12-13-28/h15-19,25-26H,5-14H2,1-4H3,(H,24,31)(H,27,32)(H,29,30)(H,33,34)/t16?,17-,18?,19-/m0/s1.